The molecular formula is C18H18N2O5. The number of aryl methyl sites for hydroxylation is 1. The molecule has 0 fully saturated rings. The number of carboxylic acids is 1. The molecule has 0 aliphatic heterocycles. The van der Waals surface area contributed by atoms with Crippen LogP contribution in [0.25, 0.3) is 0 Å². The number of nitrogens with zero attached hydrogens (tertiary/aromatic N) is 1. The van der Waals surface area contributed by atoms with Crippen molar-refractivity contribution < 1.29 is 19.6 Å². The number of carboxylic acid groups (broad SMARTS) is 1. The Kier molecular flexibility index (Phi) is 6.22. The summed E-state index contributed by atoms with van der Waals surface area (Å²) in [6.45, 7) is 0. The Morgan fingerprint density at radius 3 is 2.40 bits per heavy atom. The fourth-order valence-electron chi connectivity index (χ4n) is 2.42. The summed E-state index contributed by atoms with van der Waals surface area (Å²) in [6.07, 6.45) is 0.672. The third-order valence-electron chi connectivity index (χ3n) is 3.68. The second-order valence-electron chi connectivity index (χ2n) is 5.59. The summed E-state index contributed by atoms with van der Waals surface area (Å²) in [4.78, 5) is 33.6. The van der Waals surface area contributed by atoms with E-state index in [0.717, 1.165) is 5.56 Å². The van der Waals surface area contributed by atoms with Crippen molar-refractivity contribution in [3.63, 3.8) is 0 Å². The first-order valence-electron chi connectivity index (χ1n) is 7.75. The molecule has 1 amide bonds. The number of carbonyl (C=O) groups excluding carboxylic acids is 1. The molecule has 130 valence electrons. The molecule has 0 spiro atoms. The van der Waals surface area contributed by atoms with Gasteiger partial charge in [0.05, 0.1) is 11.3 Å². The van der Waals surface area contributed by atoms with Gasteiger partial charge in [-0.1, -0.05) is 42.5 Å². The molecule has 0 aromatic heterocycles. The smallest absolute Gasteiger partial charge is 0.326 e. The number of nitrogens with one attached hydrogen (secondary N) is 1. The first-order chi connectivity index (χ1) is 12.0. The van der Waals surface area contributed by atoms with Crippen LogP contribution in [0.3, 0.4) is 0 Å². The highest BCUT2D eigenvalue weighted by Crippen LogP contribution is 2.13. The molecule has 2 aromatic rings. The molecule has 25 heavy (non-hydrogen) atoms. The van der Waals surface area contributed by atoms with Gasteiger partial charge in [-0.2, -0.15) is 0 Å². The van der Waals surface area contributed by atoms with Gasteiger partial charge in [0.25, 0.3) is 5.69 Å². The van der Waals surface area contributed by atoms with Gasteiger partial charge in [-0.3, -0.25) is 14.9 Å². The Morgan fingerprint density at radius 2 is 1.76 bits per heavy atom. The first-order valence-corrected chi connectivity index (χ1v) is 7.75. The summed E-state index contributed by atoms with van der Waals surface area (Å²) in [7, 11) is 0. The number of non-ortho nitro benzene ring substituents is 1. The molecule has 0 aliphatic rings. The van der Waals surface area contributed by atoms with Crippen molar-refractivity contribution in [3.8, 4) is 0 Å². The monoisotopic (exact) mass is 342 g/mol. The molecule has 1 atom stereocenters. The fraction of sp³-hybridized carbons (Fsp3) is 0.222. The lowest BCUT2D eigenvalue weighted by molar-refractivity contribution is -0.384. The maximum Gasteiger partial charge on any atom is 0.326 e. The van der Waals surface area contributed by atoms with E-state index in [1.165, 1.54) is 18.2 Å². The van der Waals surface area contributed by atoms with Gasteiger partial charge in [-0.05, 0) is 24.0 Å². The molecule has 7 heteroatoms. The van der Waals surface area contributed by atoms with Crippen molar-refractivity contribution in [1.82, 2.24) is 5.32 Å². The topological polar surface area (TPSA) is 110 Å². The zero-order chi connectivity index (χ0) is 18.2. The van der Waals surface area contributed by atoms with Crippen molar-refractivity contribution in [2.75, 3.05) is 0 Å². The lowest BCUT2D eigenvalue weighted by atomic mass is 10.0. The number of rotatable bonds is 8. The van der Waals surface area contributed by atoms with Crippen molar-refractivity contribution >= 4 is 17.6 Å². The zero-order valence-electron chi connectivity index (χ0n) is 13.4. The van der Waals surface area contributed by atoms with Crippen LogP contribution in [-0.4, -0.2) is 27.9 Å². The van der Waals surface area contributed by atoms with Gasteiger partial charge in [-0.25, -0.2) is 4.79 Å². The van der Waals surface area contributed by atoms with Crippen LogP contribution in [-0.2, 0) is 22.4 Å². The van der Waals surface area contributed by atoms with Crippen LogP contribution in [0.15, 0.2) is 54.6 Å². The van der Waals surface area contributed by atoms with Crippen LogP contribution < -0.4 is 5.32 Å². The normalized spacial score (nSPS) is 11.5. The van der Waals surface area contributed by atoms with Gasteiger partial charge >= 0.3 is 5.97 Å². The lowest BCUT2D eigenvalue weighted by Gasteiger charge is -2.14. The number of amides is 1. The lowest BCUT2D eigenvalue weighted by Crippen LogP contribution is -2.41. The van der Waals surface area contributed by atoms with Crippen molar-refractivity contribution in [2.45, 2.75) is 25.3 Å². The third kappa shape index (κ3) is 5.72. The maximum absolute atomic E-state index is 12.1. The van der Waals surface area contributed by atoms with Crippen molar-refractivity contribution in [2.24, 2.45) is 0 Å². The summed E-state index contributed by atoms with van der Waals surface area (Å²) >= 11 is 0. The number of benzene rings is 2. The van der Waals surface area contributed by atoms with Crippen LogP contribution in [0.2, 0.25) is 0 Å². The molecule has 7 nitrogen and oxygen atoms in total. The highest BCUT2D eigenvalue weighted by molar-refractivity contribution is 5.84. The number of hydrogen-bond donors (Lipinski definition) is 2. The molecule has 2 N–H and O–H groups in total. The number of hydrogen-bond acceptors (Lipinski definition) is 4. The second-order valence-corrected chi connectivity index (χ2v) is 5.59. The van der Waals surface area contributed by atoms with E-state index in [0.29, 0.717) is 12.0 Å². The SMILES string of the molecule is O=C(Cc1cccc([N+](=O)[O-])c1)N[C@H](CCc1ccccc1)C(=O)O. The van der Waals surface area contributed by atoms with E-state index in [-0.39, 0.29) is 18.5 Å². The quantitative estimate of drug-likeness (QED) is 0.565. The molecule has 0 heterocycles. The molecule has 0 radical (unpaired) electrons. The summed E-state index contributed by atoms with van der Waals surface area (Å²) in [5, 5.41) is 22.5. The zero-order valence-corrected chi connectivity index (χ0v) is 13.4. The second kappa shape index (κ2) is 8.58. The Morgan fingerprint density at radius 1 is 1.08 bits per heavy atom. The molecule has 0 aliphatic carbocycles. The molecule has 2 aromatic carbocycles. The predicted molar refractivity (Wildman–Crippen MR) is 91.1 cm³/mol. The minimum atomic E-state index is -1.11. The number of carbonyl (C=O) groups is 2. The van der Waals surface area contributed by atoms with E-state index in [1.54, 1.807) is 6.07 Å². The van der Waals surface area contributed by atoms with Gasteiger partial charge < -0.3 is 10.4 Å². The summed E-state index contributed by atoms with van der Waals surface area (Å²) in [6, 6.07) is 14.1. The van der Waals surface area contributed by atoms with E-state index in [2.05, 4.69) is 5.32 Å². The number of nitro benzene ring substituents is 1. The largest absolute Gasteiger partial charge is 0.480 e. The summed E-state index contributed by atoms with van der Waals surface area (Å²) < 4.78 is 0. The van der Waals surface area contributed by atoms with E-state index in [1.807, 2.05) is 30.3 Å². The minimum Gasteiger partial charge on any atom is -0.480 e. The van der Waals surface area contributed by atoms with Crippen LogP contribution in [0.5, 0.6) is 0 Å². The van der Waals surface area contributed by atoms with E-state index in [4.69, 9.17) is 0 Å². The van der Waals surface area contributed by atoms with Crippen molar-refractivity contribution in [1.29, 1.82) is 0 Å². The van der Waals surface area contributed by atoms with Gasteiger partial charge in [-0.15, -0.1) is 0 Å². The first kappa shape index (κ1) is 18.1. The van der Waals surface area contributed by atoms with Crippen molar-refractivity contribution in [3.05, 3.63) is 75.8 Å². The summed E-state index contributed by atoms with van der Waals surface area (Å²) in [5.74, 6) is -1.59. The Labute approximate surface area is 144 Å². The van der Waals surface area contributed by atoms with Crippen LogP contribution in [0, 0.1) is 10.1 Å². The summed E-state index contributed by atoms with van der Waals surface area (Å²) in [5.41, 5.74) is 1.34. The highest BCUT2D eigenvalue weighted by atomic mass is 16.6. The van der Waals surface area contributed by atoms with E-state index >= 15 is 0 Å². The molecule has 0 unspecified atom stereocenters. The number of nitro groups is 1. The Hall–Kier alpha value is -3.22. The highest BCUT2D eigenvalue weighted by Gasteiger charge is 2.20. The molecular weight excluding hydrogens is 324 g/mol. The Balaban J connectivity index is 1.94. The maximum atomic E-state index is 12.1. The van der Waals surface area contributed by atoms with Crippen LogP contribution in [0.4, 0.5) is 5.69 Å². The van der Waals surface area contributed by atoms with E-state index in [9.17, 15) is 24.8 Å². The van der Waals surface area contributed by atoms with Gasteiger partial charge in [0.15, 0.2) is 0 Å². The van der Waals surface area contributed by atoms with E-state index < -0.39 is 22.8 Å². The average molecular weight is 342 g/mol. The molecule has 2 rings (SSSR count). The van der Waals surface area contributed by atoms with Gasteiger partial charge in [0.1, 0.15) is 6.04 Å². The number of aliphatic carboxylic acids is 1. The van der Waals surface area contributed by atoms with Gasteiger partial charge in [0, 0.05) is 12.1 Å². The standard InChI is InChI=1S/C18H18N2O5/c21-17(12-14-7-4-8-15(11-14)20(24)25)19-16(18(22)23)10-9-13-5-2-1-3-6-13/h1-8,11,16H,9-10,12H2,(H,19,21)(H,22,23)/t16-/m1/s1. The fourth-order valence-corrected chi connectivity index (χ4v) is 2.42. The van der Waals surface area contributed by atoms with Gasteiger partial charge in [0.2, 0.25) is 5.91 Å². The molecule has 0 saturated carbocycles. The third-order valence-corrected chi connectivity index (χ3v) is 3.68. The molecule has 0 saturated heterocycles. The van der Waals surface area contributed by atoms with Crippen LogP contribution >= 0.6 is 0 Å². The molecule has 0 bridgehead atoms. The Bertz CT molecular complexity index is 761. The average Bonchev–Trinajstić information content (AvgIpc) is 2.59. The minimum absolute atomic E-state index is 0.107. The van der Waals surface area contributed by atoms with Crippen LogP contribution in [0.1, 0.15) is 17.5 Å². The predicted octanol–water partition coefficient (Wildman–Crippen LogP) is 2.34.